The molecule has 5 heteroatoms. The van der Waals surface area contributed by atoms with E-state index in [1.54, 1.807) is 0 Å². The van der Waals surface area contributed by atoms with Crippen molar-refractivity contribution in [1.29, 1.82) is 0 Å². The molecule has 0 aliphatic rings. The van der Waals surface area contributed by atoms with Crippen LogP contribution in [-0.4, -0.2) is 36.4 Å². The first kappa shape index (κ1) is 78.9. The van der Waals surface area contributed by atoms with Crippen LogP contribution in [0.2, 0.25) is 0 Å². The van der Waals surface area contributed by atoms with Crippen LogP contribution in [-0.2, 0) is 19.1 Å². The highest BCUT2D eigenvalue weighted by Gasteiger charge is 2.16. The van der Waals surface area contributed by atoms with Crippen LogP contribution in [0.5, 0.6) is 0 Å². The van der Waals surface area contributed by atoms with Crippen molar-refractivity contribution in [2.24, 2.45) is 0 Å². The van der Waals surface area contributed by atoms with E-state index in [-0.39, 0.29) is 25.2 Å². The van der Waals surface area contributed by atoms with Gasteiger partial charge in [0.2, 0.25) is 0 Å². The molecule has 1 N–H and O–H groups in total. The smallest absolute Gasteiger partial charge is 0.306 e. The third kappa shape index (κ3) is 69.4. The van der Waals surface area contributed by atoms with E-state index >= 15 is 0 Å². The minimum atomic E-state index is -0.766. The Morgan fingerprint density at radius 1 is 0.237 bits per heavy atom. The molecule has 0 aliphatic heterocycles. The van der Waals surface area contributed by atoms with Crippen molar-refractivity contribution in [2.45, 2.75) is 457 Å². The summed E-state index contributed by atoms with van der Waals surface area (Å²) in [6.07, 6.45) is 91.8. The lowest BCUT2D eigenvalue weighted by Crippen LogP contribution is -2.28. The lowest BCUT2D eigenvalue weighted by molar-refractivity contribution is -0.161. The SMILES string of the molecule is CCCCCCCCCCCCCCCCCCCCCCCCCCCCCCCCCCCCCCCC(=O)OC(CO)COC(=O)CCCCCCCCCCCCCCCCCCCCCCCCCCCCCCC. The van der Waals surface area contributed by atoms with Crippen LogP contribution in [0.3, 0.4) is 0 Å². The Balaban J connectivity index is 3.33. The molecule has 0 radical (unpaired) electrons. The average molecular weight is 1130 g/mol. The summed E-state index contributed by atoms with van der Waals surface area (Å²) in [6, 6.07) is 0. The lowest BCUT2D eigenvalue weighted by Gasteiger charge is -2.15. The summed E-state index contributed by atoms with van der Waals surface area (Å²) in [7, 11) is 0. The van der Waals surface area contributed by atoms with Crippen LogP contribution in [0.25, 0.3) is 0 Å². The Kier molecular flexibility index (Phi) is 71.2. The van der Waals surface area contributed by atoms with Gasteiger partial charge < -0.3 is 14.6 Å². The molecule has 0 aliphatic carbocycles. The van der Waals surface area contributed by atoms with Crippen LogP contribution in [0.15, 0.2) is 0 Å². The van der Waals surface area contributed by atoms with Gasteiger partial charge in [-0.25, -0.2) is 0 Å². The highest BCUT2D eigenvalue weighted by Crippen LogP contribution is 2.20. The van der Waals surface area contributed by atoms with Gasteiger partial charge in [0, 0.05) is 12.8 Å². The van der Waals surface area contributed by atoms with Crippen LogP contribution in [0.4, 0.5) is 0 Å². The molecule has 80 heavy (non-hydrogen) atoms. The molecule has 0 aromatic heterocycles. The van der Waals surface area contributed by atoms with Crippen LogP contribution < -0.4 is 0 Å². The Labute approximate surface area is 503 Å². The predicted octanol–water partition coefficient (Wildman–Crippen LogP) is 26.0. The van der Waals surface area contributed by atoms with E-state index < -0.39 is 6.10 Å². The molecular formula is C75H148O5. The number of ether oxygens (including phenoxy) is 2. The summed E-state index contributed by atoms with van der Waals surface area (Å²) >= 11 is 0. The second-order valence-corrected chi connectivity index (χ2v) is 26.1. The van der Waals surface area contributed by atoms with Gasteiger partial charge >= 0.3 is 11.9 Å². The molecule has 0 rings (SSSR count). The monoisotopic (exact) mass is 1130 g/mol. The molecular weight excluding hydrogens is 981 g/mol. The maximum absolute atomic E-state index is 12.4. The van der Waals surface area contributed by atoms with Gasteiger partial charge in [0.05, 0.1) is 6.61 Å². The number of unbranched alkanes of at least 4 members (excludes halogenated alkanes) is 64. The first-order valence-corrected chi connectivity index (χ1v) is 37.6. The maximum Gasteiger partial charge on any atom is 0.306 e. The lowest BCUT2D eigenvalue weighted by atomic mass is 10.0. The van der Waals surface area contributed by atoms with Crippen molar-refractivity contribution in [3.05, 3.63) is 0 Å². The third-order valence-electron chi connectivity index (χ3n) is 17.9. The zero-order chi connectivity index (χ0) is 57.6. The molecule has 478 valence electrons. The Morgan fingerprint density at radius 2 is 0.388 bits per heavy atom. The standard InChI is InChI=1S/C75H148O5/c1-3-5-7-9-11-13-15-17-19-21-23-25-27-29-31-33-34-35-36-37-38-39-40-42-44-46-48-50-52-54-56-58-60-62-64-66-68-70-75(78)80-73(71-76)72-79-74(77)69-67-65-63-61-59-57-55-53-51-49-47-45-43-41-32-30-28-26-24-22-20-18-16-14-12-10-8-6-4-2/h73,76H,3-72H2,1-2H3. The number of aliphatic hydroxyl groups excluding tert-OH is 1. The Hall–Kier alpha value is -1.10. The van der Waals surface area contributed by atoms with Gasteiger partial charge in [-0.15, -0.1) is 0 Å². The number of carbonyl (C=O) groups excluding carboxylic acids is 2. The minimum Gasteiger partial charge on any atom is -0.462 e. The fourth-order valence-corrected chi connectivity index (χ4v) is 12.3. The molecule has 0 heterocycles. The number of aliphatic hydroxyl groups is 1. The molecule has 1 unspecified atom stereocenters. The van der Waals surface area contributed by atoms with Crippen LogP contribution in [0.1, 0.15) is 450 Å². The van der Waals surface area contributed by atoms with E-state index in [1.807, 2.05) is 0 Å². The summed E-state index contributed by atoms with van der Waals surface area (Å²) in [5.41, 5.74) is 0. The van der Waals surface area contributed by atoms with E-state index in [0.717, 1.165) is 32.1 Å². The Bertz CT molecular complexity index is 1140. The van der Waals surface area contributed by atoms with Crippen LogP contribution >= 0.6 is 0 Å². The number of rotatable bonds is 72. The second kappa shape index (κ2) is 72.2. The summed E-state index contributed by atoms with van der Waals surface area (Å²) < 4.78 is 10.8. The molecule has 5 nitrogen and oxygen atoms in total. The summed E-state index contributed by atoms with van der Waals surface area (Å²) in [4.78, 5) is 24.7. The normalized spacial score (nSPS) is 12.0. The van der Waals surface area contributed by atoms with Crippen molar-refractivity contribution < 1.29 is 24.2 Å². The number of hydrogen-bond acceptors (Lipinski definition) is 5. The highest BCUT2D eigenvalue weighted by molar-refractivity contribution is 5.70. The fraction of sp³-hybridized carbons (Fsp3) is 0.973. The summed E-state index contributed by atoms with van der Waals surface area (Å²) in [5, 5.41) is 9.71. The van der Waals surface area contributed by atoms with Crippen molar-refractivity contribution in [1.82, 2.24) is 0 Å². The van der Waals surface area contributed by atoms with Crippen molar-refractivity contribution in [2.75, 3.05) is 13.2 Å². The van der Waals surface area contributed by atoms with Crippen molar-refractivity contribution in [3.8, 4) is 0 Å². The van der Waals surface area contributed by atoms with Crippen molar-refractivity contribution >= 4 is 11.9 Å². The van der Waals surface area contributed by atoms with Gasteiger partial charge in [-0.2, -0.15) is 0 Å². The zero-order valence-electron chi connectivity index (χ0n) is 55.2. The van der Waals surface area contributed by atoms with Gasteiger partial charge in [-0.1, -0.05) is 425 Å². The largest absolute Gasteiger partial charge is 0.462 e. The summed E-state index contributed by atoms with van der Waals surface area (Å²) in [6.45, 7) is 4.23. The highest BCUT2D eigenvalue weighted by atomic mass is 16.6. The molecule has 0 bridgehead atoms. The second-order valence-electron chi connectivity index (χ2n) is 26.1. The van der Waals surface area contributed by atoms with Gasteiger partial charge in [0.25, 0.3) is 0 Å². The molecule has 1 atom stereocenters. The van der Waals surface area contributed by atoms with Gasteiger partial charge in [-0.05, 0) is 12.8 Å². The quantitative estimate of drug-likeness (QED) is 0.0485. The van der Waals surface area contributed by atoms with Crippen molar-refractivity contribution in [3.63, 3.8) is 0 Å². The first-order chi connectivity index (χ1) is 39.6. The zero-order valence-corrected chi connectivity index (χ0v) is 55.2. The van der Waals surface area contributed by atoms with E-state index in [0.29, 0.717) is 12.8 Å². The number of carbonyl (C=O) groups is 2. The van der Waals surface area contributed by atoms with Gasteiger partial charge in [0.1, 0.15) is 6.61 Å². The Morgan fingerprint density at radius 3 is 0.550 bits per heavy atom. The fourth-order valence-electron chi connectivity index (χ4n) is 12.3. The molecule has 0 fully saturated rings. The topological polar surface area (TPSA) is 72.8 Å². The molecule has 0 amide bonds. The first-order valence-electron chi connectivity index (χ1n) is 37.6. The van der Waals surface area contributed by atoms with Gasteiger partial charge in [0.15, 0.2) is 6.10 Å². The number of hydrogen-bond donors (Lipinski definition) is 1. The predicted molar refractivity (Wildman–Crippen MR) is 353 cm³/mol. The van der Waals surface area contributed by atoms with Gasteiger partial charge in [-0.3, -0.25) is 9.59 Å². The van der Waals surface area contributed by atoms with Crippen LogP contribution in [0, 0.1) is 0 Å². The third-order valence-corrected chi connectivity index (χ3v) is 17.9. The molecule has 0 spiro atoms. The summed E-state index contributed by atoms with van der Waals surface area (Å²) in [5.74, 6) is -0.557. The maximum atomic E-state index is 12.4. The van der Waals surface area contributed by atoms with E-state index in [9.17, 15) is 14.7 Å². The molecule has 0 aromatic carbocycles. The minimum absolute atomic E-state index is 0.0552. The molecule has 0 saturated carbocycles. The average Bonchev–Trinajstić information content (AvgIpc) is 3.46. The van der Waals surface area contributed by atoms with E-state index in [2.05, 4.69) is 13.8 Å². The molecule has 0 aromatic rings. The number of esters is 2. The van der Waals surface area contributed by atoms with E-state index in [1.165, 1.54) is 392 Å². The molecule has 0 saturated heterocycles. The van der Waals surface area contributed by atoms with E-state index in [4.69, 9.17) is 9.47 Å².